The molecule has 0 bridgehead atoms. The summed E-state index contributed by atoms with van der Waals surface area (Å²) in [5.74, 6) is 0.669. The number of non-ortho nitro benzene ring substituents is 1. The number of nitro benzene ring substituents is 1. The van der Waals surface area contributed by atoms with Crippen molar-refractivity contribution in [2.24, 2.45) is 0 Å². The van der Waals surface area contributed by atoms with Crippen molar-refractivity contribution in [2.75, 3.05) is 6.61 Å². The number of aliphatic hydroxyl groups is 1. The van der Waals surface area contributed by atoms with Crippen molar-refractivity contribution >= 4 is 5.69 Å². The molecule has 2 rings (SSSR count). The molecule has 1 heterocycles. The maximum atomic E-state index is 10.5. The molecule has 0 aliphatic rings. The molecule has 0 aliphatic carbocycles. The molecule has 0 amide bonds. The van der Waals surface area contributed by atoms with Crippen LogP contribution in [-0.4, -0.2) is 36.8 Å². The summed E-state index contributed by atoms with van der Waals surface area (Å²) < 4.78 is 1.62. The summed E-state index contributed by atoms with van der Waals surface area (Å²) in [7, 11) is 0. The van der Waals surface area contributed by atoms with E-state index in [4.69, 9.17) is 5.11 Å². The normalized spacial score (nSPS) is 10.6. The Kier molecular flexibility index (Phi) is 4.14. The highest BCUT2D eigenvalue weighted by atomic mass is 16.6. The van der Waals surface area contributed by atoms with Gasteiger partial charge in [0.2, 0.25) is 0 Å². The quantitative estimate of drug-likeness (QED) is 0.602. The molecular formula is C11H13N5O3. The van der Waals surface area contributed by atoms with E-state index in [1.807, 2.05) is 0 Å². The van der Waals surface area contributed by atoms with Gasteiger partial charge in [0.1, 0.15) is 0 Å². The average molecular weight is 263 g/mol. The zero-order chi connectivity index (χ0) is 13.7. The summed E-state index contributed by atoms with van der Waals surface area (Å²) in [6, 6.07) is 6.28. The summed E-state index contributed by atoms with van der Waals surface area (Å²) in [6.07, 6.45) is 1.08. The van der Waals surface area contributed by atoms with Gasteiger partial charge in [-0.2, -0.15) is 0 Å². The van der Waals surface area contributed by atoms with Crippen LogP contribution in [0.1, 0.15) is 17.8 Å². The van der Waals surface area contributed by atoms with Crippen molar-refractivity contribution in [3.8, 4) is 0 Å². The number of aliphatic hydroxyl groups excluding tert-OH is 1. The first kappa shape index (κ1) is 13.1. The minimum atomic E-state index is -0.435. The molecule has 100 valence electrons. The summed E-state index contributed by atoms with van der Waals surface area (Å²) in [5, 5.41) is 30.7. The number of nitro groups is 1. The predicted molar refractivity (Wildman–Crippen MR) is 65.4 cm³/mol. The number of nitrogens with zero attached hydrogens (tertiary/aromatic N) is 5. The van der Waals surface area contributed by atoms with Crippen LogP contribution in [0.3, 0.4) is 0 Å². The van der Waals surface area contributed by atoms with E-state index in [-0.39, 0.29) is 12.3 Å². The second kappa shape index (κ2) is 6.01. The molecule has 0 atom stereocenters. The van der Waals surface area contributed by atoms with E-state index < -0.39 is 4.92 Å². The molecule has 0 aliphatic heterocycles. The maximum Gasteiger partial charge on any atom is 0.269 e. The Bertz CT molecular complexity index is 552. The second-order valence-corrected chi connectivity index (χ2v) is 4.00. The molecule has 2 aromatic rings. The lowest BCUT2D eigenvalue weighted by atomic mass is 10.1. The lowest BCUT2D eigenvalue weighted by molar-refractivity contribution is -0.384. The van der Waals surface area contributed by atoms with E-state index in [0.29, 0.717) is 25.2 Å². The fourth-order valence-electron chi connectivity index (χ4n) is 1.66. The van der Waals surface area contributed by atoms with Crippen LogP contribution in [0.2, 0.25) is 0 Å². The molecule has 8 heteroatoms. The number of rotatable bonds is 6. The average Bonchev–Trinajstić information content (AvgIpc) is 2.84. The molecule has 0 saturated carbocycles. The van der Waals surface area contributed by atoms with Crippen molar-refractivity contribution in [3.05, 3.63) is 45.8 Å². The van der Waals surface area contributed by atoms with Gasteiger partial charge < -0.3 is 5.11 Å². The van der Waals surface area contributed by atoms with E-state index in [2.05, 4.69) is 15.5 Å². The fourth-order valence-corrected chi connectivity index (χ4v) is 1.66. The number of aryl methyl sites for hydroxylation is 1. The second-order valence-electron chi connectivity index (χ2n) is 4.00. The highest BCUT2D eigenvalue weighted by Crippen LogP contribution is 2.14. The van der Waals surface area contributed by atoms with Crippen molar-refractivity contribution in [1.29, 1.82) is 0 Å². The SMILES string of the molecule is O=[N+]([O-])c1ccc(Cc2nnnn2CCCO)cc1. The Morgan fingerprint density at radius 2 is 2.05 bits per heavy atom. The number of tetrazole rings is 1. The first-order chi connectivity index (χ1) is 9.20. The summed E-state index contributed by atoms with van der Waals surface area (Å²) in [4.78, 5) is 10.1. The van der Waals surface area contributed by atoms with Gasteiger partial charge in [-0.1, -0.05) is 12.1 Å². The third kappa shape index (κ3) is 3.32. The van der Waals surface area contributed by atoms with Crippen LogP contribution in [0.25, 0.3) is 0 Å². The number of benzene rings is 1. The number of aromatic nitrogens is 4. The Morgan fingerprint density at radius 3 is 2.68 bits per heavy atom. The summed E-state index contributed by atoms with van der Waals surface area (Å²) in [6.45, 7) is 0.628. The molecule has 1 aromatic carbocycles. The Labute approximate surface area is 108 Å². The van der Waals surface area contributed by atoms with Gasteiger partial charge in [0.15, 0.2) is 5.82 Å². The molecule has 1 aromatic heterocycles. The first-order valence-corrected chi connectivity index (χ1v) is 5.80. The fraction of sp³-hybridized carbons (Fsp3) is 0.364. The lowest BCUT2D eigenvalue weighted by Gasteiger charge is -2.03. The van der Waals surface area contributed by atoms with Crippen LogP contribution < -0.4 is 0 Å². The Morgan fingerprint density at radius 1 is 1.32 bits per heavy atom. The van der Waals surface area contributed by atoms with Crippen LogP contribution in [-0.2, 0) is 13.0 Å². The highest BCUT2D eigenvalue weighted by Gasteiger charge is 2.09. The molecule has 0 spiro atoms. The van der Waals surface area contributed by atoms with E-state index in [0.717, 1.165) is 5.56 Å². The van der Waals surface area contributed by atoms with E-state index >= 15 is 0 Å². The third-order valence-corrected chi connectivity index (χ3v) is 2.64. The molecular weight excluding hydrogens is 250 g/mol. The Balaban J connectivity index is 2.08. The molecule has 0 saturated heterocycles. The minimum absolute atomic E-state index is 0.0589. The number of hydrogen-bond acceptors (Lipinski definition) is 6. The first-order valence-electron chi connectivity index (χ1n) is 5.80. The van der Waals surface area contributed by atoms with Crippen LogP contribution in [0.15, 0.2) is 24.3 Å². The zero-order valence-corrected chi connectivity index (χ0v) is 10.1. The highest BCUT2D eigenvalue weighted by molar-refractivity contribution is 5.33. The summed E-state index contributed by atoms with van der Waals surface area (Å²) in [5.41, 5.74) is 0.953. The van der Waals surface area contributed by atoms with Crippen LogP contribution >= 0.6 is 0 Å². The molecule has 0 fully saturated rings. The van der Waals surface area contributed by atoms with Gasteiger partial charge >= 0.3 is 0 Å². The van der Waals surface area contributed by atoms with E-state index in [1.54, 1.807) is 16.8 Å². The number of hydrogen-bond donors (Lipinski definition) is 1. The van der Waals surface area contributed by atoms with Gasteiger partial charge in [-0.05, 0) is 22.4 Å². The largest absolute Gasteiger partial charge is 0.396 e. The van der Waals surface area contributed by atoms with Gasteiger partial charge in [0.05, 0.1) is 4.92 Å². The van der Waals surface area contributed by atoms with Crippen LogP contribution in [0, 0.1) is 10.1 Å². The van der Waals surface area contributed by atoms with Crippen molar-refractivity contribution in [1.82, 2.24) is 20.2 Å². The van der Waals surface area contributed by atoms with E-state index in [9.17, 15) is 10.1 Å². The lowest BCUT2D eigenvalue weighted by Crippen LogP contribution is -2.08. The predicted octanol–water partition coefficient (Wildman–Crippen LogP) is 0.554. The topological polar surface area (TPSA) is 107 Å². The van der Waals surface area contributed by atoms with Crippen molar-refractivity contribution < 1.29 is 10.0 Å². The van der Waals surface area contributed by atoms with Gasteiger partial charge in [-0.15, -0.1) is 5.10 Å². The molecule has 1 N–H and O–H groups in total. The minimum Gasteiger partial charge on any atom is -0.396 e. The molecule has 19 heavy (non-hydrogen) atoms. The molecule has 0 unspecified atom stereocenters. The van der Waals surface area contributed by atoms with Crippen LogP contribution in [0.5, 0.6) is 0 Å². The zero-order valence-electron chi connectivity index (χ0n) is 10.1. The van der Waals surface area contributed by atoms with Crippen LogP contribution in [0.4, 0.5) is 5.69 Å². The monoisotopic (exact) mass is 263 g/mol. The smallest absolute Gasteiger partial charge is 0.269 e. The molecule has 0 radical (unpaired) electrons. The molecule has 8 nitrogen and oxygen atoms in total. The standard InChI is InChI=1S/C11H13N5O3/c17-7-1-6-15-11(12-13-14-15)8-9-2-4-10(5-3-9)16(18)19/h2-5,17H,1,6-8H2. The van der Waals surface area contributed by atoms with Crippen molar-refractivity contribution in [2.45, 2.75) is 19.4 Å². The van der Waals surface area contributed by atoms with Gasteiger partial charge in [-0.25, -0.2) is 4.68 Å². The van der Waals surface area contributed by atoms with E-state index in [1.165, 1.54) is 12.1 Å². The van der Waals surface area contributed by atoms with Gasteiger partial charge in [0, 0.05) is 31.7 Å². The van der Waals surface area contributed by atoms with Crippen molar-refractivity contribution in [3.63, 3.8) is 0 Å². The summed E-state index contributed by atoms with van der Waals surface area (Å²) >= 11 is 0. The Hall–Kier alpha value is -2.35. The third-order valence-electron chi connectivity index (χ3n) is 2.64. The van der Waals surface area contributed by atoms with Gasteiger partial charge in [0.25, 0.3) is 5.69 Å². The maximum absolute atomic E-state index is 10.5. The van der Waals surface area contributed by atoms with Gasteiger partial charge in [-0.3, -0.25) is 10.1 Å².